The van der Waals surface area contributed by atoms with Crippen LogP contribution >= 0.6 is 11.6 Å². The van der Waals surface area contributed by atoms with Gasteiger partial charge < -0.3 is 4.90 Å². The van der Waals surface area contributed by atoms with Crippen molar-refractivity contribution in [3.63, 3.8) is 0 Å². The molecule has 2 heterocycles. The Morgan fingerprint density at radius 2 is 2.06 bits per heavy atom. The van der Waals surface area contributed by atoms with Crippen LogP contribution in [-0.2, 0) is 0 Å². The summed E-state index contributed by atoms with van der Waals surface area (Å²) >= 11 is 5.93. The fourth-order valence-corrected chi connectivity index (χ4v) is 3.13. The summed E-state index contributed by atoms with van der Waals surface area (Å²) < 4.78 is 27.2. The van der Waals surface area contributed by atoms with Crippen LogP contribution in [0.4, 0.5) is 14.6 Å². The Balaban J connectivity index is 1.84. The van der Waals surface area contributed by atoms with E-state index in [1.54, 1.807) is 0 Å². The summed E-state index contributed by atoms with van der Waals surface area (Å²) in [6.07, 6.45) is 3.64. The van der Waals surface area contributed by atoms with Crippen LogP contribution in [0.25, 0.3) is 0 Å². The average Bonchev–Trinajstić information content (AvgIpc) is 2.81. The molecule has 0 N–H and O–H groups in total. The molecule has 17 heavy (non-hydrogen) atoms. The first-order valence-corrected chi connectivity index (χ1v) is 6.05. The minimum atomic E-state index is -2.53. The Morgan fingerprint density at radius 3 is 2.76 bits per heavy atom. The van der Waals surface area contributed by atoms with Crippen LogP contribution in [-0.4, -0.2) is 29.0 Å². The molecular formula is C11H12ClF2N3. The third-order valence-electron chi connectivity index (χ3n) is 3.77. The maximum Gasteiger partial charge on any atom is 0.252 e. The molecule has 0 unspecified atom stereocenters. The number of alkyl halides is 2. The van der Waals surface area contributed by atoms with Crippen LogP contribution in [0.1, 0.15) is 12.8 Å². The van der Waals surface area contributed by atoms with Crippen molar-refractivity contribution in [1.29, 1.82) is 0 Å². The molecule has 0 radical (unpaired) electrons. The first-order chi connectivity index (χ1) is 8.08. The van der Waals surface area contributed by atoms with Gasteiger partial charge in [0, 0.05) is 37.8 Å². The molecule has 1 aliphatic carbocycles. The predicted molar refractivity (Wildman–Crippen MR) is 60.4 cm³/mol. The lowest BCUT2D eigenvalue weighted by atomic mass is 9.99. The van der Waals surface area contributed by atoms with Gasteiger partial charge in [-0.15, -0.1) is 0 Å². The second-order valence-corrected chi connectivity index (χ2v) is 5.10. The van der Waals surface area contributed by atoms with Crippen LogP contribution in [0.15, 0.2) is 12.4 Å². The topological polar surface area (TPSA) is 29.0 Å². The zero-order chi connectivity index (χ0) is 12.0. The minimum absolute atomic E-state index is 0.0182. The molecule has 1 aliphatic heterocycles. The average molecular weight is 260 g/mol. The van der Waals surface area contributed by atoms with Crippen molar-refractivity contribution in [3.8, 4) is 0 Å². The number of halogens is 3. The molecule has 92 valence electrons. The second kappa shape index (κ2) is 3.77. The van der Waals surface area contributed by atoms with E-state index in [0.717, 1.165) is 0 Å². The van der Waals surface area contributed by atoms with Gasteiger partial charge in [-0.1, -0.05) is 11.6 Å². The fourth-order valence-electron chi connectivity index (χ4n) is 2.90. The third-order valence-corrected chi connectivity index (χ3v) is 4.03. The number of hydrogen-bond donors (Lipinski definition) is 0. The van der Waals surface area contributed by atoms with E-state index in [-0.39, 0.29) is 17.5 Å². The molecule has 2 atom stereocenters. The van der Waals surface area contributed by atoms with E-state index >= 15 is 0 Å². The molecule has 0 spiro atoms. The van der Waals surface area contributed by atoms with E-state index in [0.29, 0.717) is 25.3 Å². The van der Waals surface area contributed by atoms with Gasteiger partial charge in [0.2, 0.25) is 0 Å². The van der Waals surface area contributed by atoms with Crippen LogP contribution in [0.5, 0.6) is 0 Å². The molecule has 0 bridgehead atoms. The molecule has 1 aromatic rings. The Morgan fingerprint density at radius 1 is 1.29 bits per heavy atom. The highest BCUT2D eigenvalue weighted by atomic mass is 35.5. The Kier molecular flexibility index (Phi) is 2.47. The van der Waals surface area contributed by atoms with E-state index < -0.39 is 11.8 Å². The van der Waals surface area contributed by atoms with Gasteiger partial charge in [0.15, 0.2) is 11.0 Å². The highest BCUT2D eigenvalue weighted by Crippen LogP contribution is 2.49. The van der Waals surface area contributed by atoms with Gasteiger partial charge in [0.1, 0.15) is 0 Å². The number of hydrogen-bond acceptors (Lipinski definition) is 3. The summed E-state index contributed by atoms with van der Waals surface area (Å²) in [6.45, 7) is 0.939. The first kappa shape index (κ1) is 11.1. The van der Waals surface area contributed by atoms with E-state index in [2.05, 4.69) is 9.97 Å². The second-order valence-electron chi connectivity index (χ2n) is 4.74. The molecule has 2 aliphatic rings. The smallest absolute Gasteiger partial charge is 0.252 e. The van der Waals surface area contributed by atoms with Gasteiger partial charge >= 0.3 is 0 Å². The van der Waals surface area contributed by atoms with Crippen molar-refractivity contribution < 1.29 is 8.78 Å². The zero-order valence-electron chi connectivity index (χ0n) is 9.11. The normalized spacial score (nSPS) is 30.6. The van der Waals surface area contributed by atoms with Gasteiger partial charge in [-0.25, -0.2) is 18.7 Å². The SMILES string of the molecule is FC1(F)CC[C@H]2CN(c3nccnc3Cl)C[C@@H]21. The van der Waals surface area contributed by atoms with Crippen molar-refractivity contribution >= 4 is 17.4 Å². The van der Waals surface area contributed by atoms with Crippen molar-refractivity contribution in [2.75, 3.05) is 18.0 Å². The van der Waals surface area contributed by atoms with Crippen molar-refractivity contribution in [2.24, 2.45) is 11.8 Å². The molecule has 1 aromatic heterocycles. The van der Waals surface area contributed by atoms with E-state index in [1.165, 1.54) is 12.4 Å². The Labute approximate surface area is 103 Å². The summed E-state index contributed by atoms with van der Waals surface area (Å²) in [7, 11) is 0. The van der Waals surface area contributed by atoms with Gasteiger partial charge in [0.05, 0.1) is 0 Å². The number of fused-ring (bicyclic) bond motifs is 1. The maximum atomic E-state index is 13.6. The third kappa shape index (κ3) is 1.76. The molecule has 2 fully saturated rings. The standard InChI is InChI=1S/C11H12ClF2N3/c12-9-10(16-4-3-15-9)17-5-7-1-2-11(13,14)8(7)6-17/h3-4,7-8H,1-2,5-6H2/t7-,8-/m0/s1. The molecular weight excluding hydrogens is 248 g/mol. The molecule has 6 heteroatoms. The Bertz CT molecular complexity index is 440. The largest absolute Gasteiger partial charge is 0.353 e. The quantitative estimate of drug-likeness (QED) is 0.776. The van der Waals surface area contributed by atoms with Gasteiger partial charge in [-0.2, -0.15) is 0 Å². The van der Waals surface area contributed by atoms with Gasteiger partial charge in [-0.05, 0) is 12.3 Å². The number of aromatic nitrogens is 2. The number of rotatable bonds is 1. The van der Waals surface area contributed by atoms with E-state index in [9.17, 15) is 8.78 Å². The highest BCUT2D eigenvalue weighted by Gasteiger charge is 2.54. The highest BCUT2D eigenvalue weighted by molar-refractivity contribution is 6.31. The van der Waals surface area contributed by atoms with E-state index in [1.807, 2.05) is 4.90 Å². The number of nitrogens with zero attached hydrogens (tertiary/aromatic N) is 3. The first-order valence-electron chi connectivity index (χ1n) is 5.67. The van der Waals surface area contributed by atoms with Crippen LogP contribution < -0.4 is 4.90 Å². The molecule has 1 saturated heterocycles. The lowest BCUT2D eigenvalue weighted by molar-refractivity contribution is -0.0351. The molecule has 0 aromatic carbocycles. The van der Waals surface area contributed by atoms with Crippen LogP contribution in [0.3, 0.4) is 0 Å². The summed E-state index contributed by atoms with van der Waals surface area (Å²) in [4.78, 5) is 9.88. The van der Waals surface area contributed by atoms with Crippen LogP contribution in [0, 0.1) is 11.8 Å². The molecule has 3 nitrogen and oxygen atoms in total. The minimum Gasteiger partial charge on any atom is -0.353 e. The van der Waals surface area contributed by atoms with Gasteiger partial charge in [0.25, 0.3) is 5.92 Å². The summed E-state index contributed by atoms with van der Waals surface area (Å²) in [5.41, 5.74) is 0. The lowest BCUT2D eigenvalue weighted by Gasteiger charge is -2.21. The maximum absolute atomic E-state index is 13.6. The number of anilines is 1. The van der Waals surface area contributed by atoms with Crippen molar-refractivity contribution in [2.45, 2.75) is 18.8 Å². The molecule has 0 amide bonds. The van der Waals surface area contributed by atoms with E-state index in [4.69, 9.17) is 11.6 Å². The molecule has 3 rings (SSSR count). The molecule has 1 saturated carbocycles. The summed E-state index contributed by atoms with van der Waals surface area (Å²) in [5, 5.41) is 0.288. The van der Waals surface area contributed by atoms with Crippen LogP contribution in [0.2, 0.25) is 5.15 Å². The van der Waals surface area contributed by atoms with Crippen molar-refractivity contribution in [3.05, 3.63) is 17.5 Å². The Hall–Kier alpha value is -0.970. The fraction of sp³-hybridized carbons (Fsp3) is 0.636. The predicted octanol–water partition coefficient (Wildman–Crippen LogP) is 2.61. The monoisotopic (exact) mass is 259 g/mol. The lowest BCUT2D eigenvalue weighted by Crippen LogP contribution is -2.29. The zero-order valence-corrected chi connectivity index (χ0v) is 9.87. The summed E-state index contributed by atoms with van der Waals surface area (Å²) in [6, 6.07) is 0. The summed E-state index contributed by atoms with van der Waals surface area (Å²) in [5.74, 6) is -2.50. The van der Waals surface area contributed by atoms with Crippen molar-refractivity contribution in [1.82, 2.24) is 9.97 Å². The van der Waals surface area contributed by atoms with Gasteiger partial charge in [-0.3, -0.25) is 0 Å².